The van der Waals surface area contributed by atoms with Gasteiger partial charge in [-0.15, -0.1) is 0 Å². The van der Waals surface area contributed by atoms with Gasteiger partial charge in [-0.2, -0.15) is 13.2 Å². The van der Waals surface area contributed by atoms with Crippen molar-refractivity contribution >= 4 is 31.4 Å². The van der Waals surface area contributed by atoms with Crippen molar-refractivity contribution in [2.24, 2.45) is 0 Å². The van der Waals surface area contributed by atoms with Gasteiger partial charge in [0.15, 0.2) is 0 Å². The van der Waals surface area contributed by atoms with Crippen LogP contribution < -0.4 is 0 Å². The maximum Gasteiger partial charge on any atom is 0.501 e. The predicted octanol–water partition coefficient (Wildman–Crippen LogP) is 5.28. The molecule has 142 valence electrons. The van der Waals surface area contributed by atoms with Gasteiger partial charge in [-0.25, -0.2) is 8.42 Å². The average molecular weight is 402 g/mol. The van der Waals surface area contributed by atoms with Gasteiger partial charge in [-0.1, -0.05) is 60.7 Å². The first-order valence-corrected chi connectivity index (χ1v) is 9.49. The van der Waals surface area contributed by atoms with E-state index in [1.54, 1.807) is 24.3 Å². The molecule has 0 heterocycles. The molecule has 0 fully saturated rings. The van der Waals surface area contributed by atoms with Crippen LogP contribution >= 0.6 is 0 Å². The van der Waals surface area contributed by atoms with Crippen molar-refractivity contribution in [3.63, 3.8) is 0 Å². The molecule has 0 atom stereocenters. The molecule has 4 aromatic carbocycles. The van der Waals surface area contributed by atoms with Crippen LogP contribution in [0.4, 0.5) is 13.2 Å². The van der Waals surface area contributed by atoms with E-state index in [2.05, 4.69) is 12.1 Å². The molecule has 0 aliphatic carbocycles. The molecule has 4 aromatic rings. The molecule has 4 rings (SSSR count). The molecular weight excluding hydrogens is 389 g/mol. The molecule has 7 heteroatoms. The van der Waals surface area contributed by atoms with Gasteiger partial charge in [0.25, 0.3) is 9.84 Å². The zero-order valence-electron chi connectivity index (χ0n) is 14.2. The SMILES string of the molecule is O=S(=O)(c1[c]c2ccccc2cc1)C(F)(F)F.Oc1[c]c2ccccc2cc1. The van der Waals surface area contributed by atoms with Crippen molar-refractivity contribution in [3.05, 3.63) is 84.9 Å². The third-order valence-corrected chi connectivity index (χ3v) is 5.30. The first-order valence-electron chi connectivity index (χ1n) is 8.01. The summed E-state index contributed by atoms with van der Waals surface area (Å²) >= 11 is 0. The highest BCUT2D eigenvalue weighted by Gasteiger charge is 2.46. The zero-order chi connectivity index (χ0) is 20.4. The van der Waals surface area contributed by atoms with Crippen LogP contribution in [-0.4, -0.2) is 19.0 Å². The number of rotatable bonds is 1. The lowest BCUT2D eigenvalue weighted by molar-refractivity contribution is -0.0436. The van der Waals surface area contributed by atoms with Crippen molar-refractivity contribution < 1.29 is 26.7 Å². The van der Waals surface area contributed by atoms with Crippen LogP contribution in [0, 0.1) is 12.1 Å². The van der Waals surface area contributed by atoms with Crippen LogP contribution in [0.1, 0.15) is 0 Å². The Morgan fingerprint density at radius 1 is 0.714 bits per heavy atom. The summed E-state index contributed by atoms with van der Waals surface area (Å²) in [4.78, 5) is -0.858. The molecule has 1 N–H and O–H groups in total. The molecule has 0 amide bonds. The largest absolute Gasteiger partial charge is 0.507 e. The first-order chi connectivity index (χ1) is 13.2. The Hall–Kier alpha value is -3.06. The maximum absolute atomic E-state index is 12.3. The fourth-order valence-electron chi connectivity index (χ4n) is 2.48. The molecule has 0 unspecified atom stereocenters. The van der Waals surface area contributed by atoms with E-state index in [0.717, 1.165) is 16.8 Å². The molecule has 0 bridgehead atoms. The quantitative estimate of drug-likeness (QED) is 0.471. The highest BCUT2D eigenvalue weighted by Crippen LogP contribution is 2.31. The highest BCUT2D eigenvalue weighted by molar-refractivity contribution is 7.92. The van der Waals surface area contributed by atoms with Crippen molar-refractivity contribution in [1.29, 1.82) is 0 Å². The van der Waals surface area contributed by atoms with Gasteiger partial charge in [0.05, 0.1) is 4.90 Å². The molecule has 0 spiro atoms. The minimum atomic E-state index is -5.32. The summed E-state index contributed by atoms with van der Waals surface area (Å²) in [6.45, 7) is 0. The molecule has 0 aromatic heterocycles. The Kier molecular flexibility index (Phi) is 5.29. The monoisotopic (exact) mass is 402 g/mol. The van der Waals surface area contributed by atoms with E-state index < -0.39 is 20.2 Å². The molecule has 28 heavy (non-hydrogen) atoms. The van der Waals surface area contributed by atoms with Crippen molar-refractivity contribution in [2.45, 2.75) is 10.4 Å². The summed E-state index contributed by atoms with van der Waals surface area (Å²) in [6, 6.07) is 25.1. The Balaban J connectivity index is 0.000000176. The van der Waals surface area contributed by atoms with E-state index in [4.69, 9.17) is 5.11 Å². The number of sulfone groups is 1. The van der Waals surface area contributed by atoms with E-state index in [-0.39, 0.29) is 5.75 Å². The normalized spacial score (nSPS) is 11.8. The molecule has 0 saturated carbocycles. The van der Waals surface area contributed by atoms with Gasteiger partial charge < -0.3 is 5.11 Å². The smallest absolute Gasteiger partial charge is 0.501 e. The van der Waals surface area contributed by atoms with E-state index in [0.29, 0.717) is 10.8 Å². The molecule has 0 saturated heterocycles. The summed E-state index contributed by atoms with van der Waals surface area (Å²) in [6.07, 6.45) is 0. The summed E-state index contributed by atoms with van der Waals surface area (Å²) in [5.41, 5.74) is -5.30. The summed E-state index contributed by atoms with van der Waals surface area (Å²) in [7, 11) is -5.32. The van der Waals surface area contributed by atoms with Gasteiger partial charge in [0.2, 0.25) is 0 Å². The Morgan fingerprint density at radius 2 is 1.21 bits per heavy atom. The van der Waals surface area contributed by atoms with E-state index in [1.807, 2.05) is 30.3 Å². The fraction of sp³-hybridized carbons (Fsp3) is 0.0476. The Labute approximate surface area is 159 Å². The minimum absolute atomic E-state index is 0.198. The number of phenolic OH excluding ortho intramolecular Hbond substituents is 1. The predicted molar refractivity (Wildman–Crippen MR) is 100 cm³/mol. The zero-order valence-corrected chi connectivity index (χ0v) is 15.1. The van der Waals surface area contributed by atoms with Gasteiger partial charge in [-0.3, -0.25) is 0 Å². The van der Waals surface area contributed by atoms with Gasteiger partial charge in [0.1, 0.15) is 5.75 Å². The number of aromatic hydroxyl groups is 1. The maximum atomic E-state index is 12.3. The van der Waals surface area contributed by atoms with Crippen molar-refractivity contribution in [2.75, 3.05) is 0 Å². The lowest BCUT2D eigenvalue weighted by atomic mass is 10.1. The second-order valence-corrected chi connectivity index (χ2v) is 7.70. The van der Waals surface area contributed by atoms with Crippen LogP contribution in [0.5, 0.6) is 5.75 Å². The van der Waals surface area contributed by atoms with Crippen molar-refractivity contribution in [1.82, 2.24) is 0 Å². The highest BCUT2D eigenvalue weighted by atomic mass is 32.2. The molecule has 0 aliphatic rings. The Bertz CT molecular complexity index is 1230. The number of halogens is 3. The van der Waals surface area contributed by atoms with Crippen LogP contribution in [0.3, 0.4) is 0 Å². The number of hydrogen-bond donors (Lipinski definition) is 1. The second-order valence-electron chi connectivity index (χ2n) is 5.79. The van der Waals surface area contributed by atoms with Crippen molar-refractivity contribution in [3.8, 4) is 5.75 Å². The van der Waals surface area contributed by atoms with E-state index in [9.17, 15) is 21.6 Å². The lowest BCUT2D eigenvalue weighted by Gasteiger charge is -2.08. The van der Waals surface area contributed by atoms with Crippen LogP contribution in [0.25, 0.3) is 21.5 Å². The number of hydrogen-bond acceptors (Lipinski definition) is 3. The first kappa shape index (κ1) is 19.7. The Morgan fingerprint density at radius 3 is 1.79 bits per heavy atom. The fourth-order valence-corrected chi connectivity index (χ4v) is 3.22. The molecule has 0 aliphatic heterocycles. The van der Waals surface area contributed by atoms with E-state index in [1.165, 1.54) is 12.1 Å². The number of alkyl halides is 3. The third-order valence-electron chi connectivity index (χ3n) is 3.87. The number of fused-ring (bicyclic) bond motifs is 2. The number of benzene rings is 4. The molecule has 2 radical (unpaired) electrons. The van der Waals surface area contributed by atoms with Crippen LogP contribution in [-0.2, 0) is 9.84 Å². The van der Waals surface area contributed by atoms with Gasteiger partial charge >= 0.3 is 5.51 Å². The minimum Gasteiger partial charge on any atom is -0.507 e. The van der Waals surface area contributed by atoms with Crippen LogP contribution in [0.2, 0.25) is 0 Å². The topological polar surface area (TPSA) is 54.4 Å². The third kappa shape index (κ3) is 4.09. The second kappa shape index (κ2) is 7.52. The van der Waals surface area contributed by atoms with Gasteiger partial charge in [0, 0.05) is 12.1 Å². The van der Waals surface area contributed by atoms with Gasteiger partial charge in [-0.05, 0) is 33.7 Å². The average Bonchev–Trinajstić information content (AvgIpc) is 2.67. The molecular formula is C21H13F3O3S. The van der Waals surface area contributed by atoms with E-state index >= 15 is 0 Å². The standard InChI is InChI=1S/C11H6F3O2S.C10H7O/c12-11(13,14)17(15,16)10-6-5-8-3-1-2-4-9(8)7-10;11-10-6-5-8-3-1-2-4-9(8)7-10/h1-6H;1-6,11H. The number of phenols is 1. The lowest BCUT2D eigenvalue weighted by Crippen LogP contribution is -2.23. The summed E-state index contributed by atoms with van der Waals surface area (Å²) in [5, 5.41) is 12.1. The van der Waals surface area contributed by atoms with Crippen LogP contribution in [0.15, 0.2) is 77.7 Å². The summed E-state index contributed by atoms with van der Waals surface area (Å²) < 4.78 is 59.2. The molecule has 3 nitrogen and oxygen atoms in total. The summed E-state index contributed by atoms with van der Waals surface area (Å²) in [5.74, 6) is 0.198.